The minimum atomic E-state index is -4.38. The largest absolute Gasteiger partial charge is 0.416 e. The predicted molar refractivity (Wildman–Crippen MR) is 93.6 cm³/mol. The summed E-state index contributed by atoms with van der Waals surface area (Å²) in [5, 5.41) is 3.25. The van der Waals surface area contributed by atoms with Crippen LogP contribution in [-0.2, 0) is 17.4 Å². The highest BCUT2D eigenvalue weighted by Crippen LogP contribution is 2.37. The van der Waals surface area contributed by atoms with Crippen molar-refractivity contribution in [1.29, 1.82) is 0 Å². The Hall–Kier alpha value is -2.28. The van der Waals surface area contributed by atoms with Gasteiger partial charge in [0.25, 0.3) is 0 Å². The van der Waals surface area contributed by atoms with Gasteiger partial charge in [0.15, 0.2) is 0 Å². The van der Waals surface area contributed by atoms with Crippen molar-refractivity contribution in [2.24, 2.45) is 5.92 Å². The average molecular weight is 384 g/mol. The number of carbonyl (C=O) groups excluding carboxylic acids is 1. The van der Waals surface area contributed by atoms with Crippen LogP contribution in [0, 0.1) is 5.92 Å². The number of pyridine rings is 1. The standard InChI is InChI=1S/C18H17ClF3N3O/c1-11(26)23-8-12-6-16-17(7-14(19)9-24-16)25(10-12)15-4-2-13(3-5-15)18(20,21)22/h2-5,7,9,12H,6,8,10H2,1H3,(H,23,26). The van der Waals surface area contributed by atoms with E-state index in [9.17, 15) is 18.0 Å². The first-order valence-corrected chi connectivity index (χ1v) is 8.45. The van der Waals surface area contributed by atoms with Crippen LogP contribution in [0.25, 0.3) is 0 Å². The van der Waals surface area contributed by atoms with Gasteiger partial charge >= 0.3 is 6.18 Å². The molecule has 1 atom stereocenters. The molecule has 138 valence electrons. The fraction of sp³-hybridized carbons (Fsp3) is 0.333. The fourth-order valence-corrected chi connectivity index (χ4v) is 3.19. The van der Waals surface area contributed by atoms with Gasteiger partial charge in [-0.05, 0) is 42.7 Å². The molecule has 1 aliphatic rings. The van der Waals surface area contributed by atoms with Gasteiger partial charge in [0.2, 0.25) is 5.91 Å². The van der Waals surface area contributed by atoms with Crippen molar-refractivity contribution in [3.8, 4) is 0 Å². The summed E-state index contributed by atoms with van der Waals surface area (Å²) in [4.78, 5) is 17.5. The number of halogens is 4. The molecule has 0 fully saturated rings. The van der Waals surface area contributed by atoms with Crippen LogP contribution >= 0.6 is 11.6 Å². The lowest BCUT2D eigenvalue weighted by Gasteiger charge is -2.35. The highest BCUT2D eigenvalue weighted by Gasteiger charge is 2.31. The van der Waals surface area contributed by atoms with Crippen molar-refractivity contribution in [1.82, 2.24) is 10.3 Å². The molecule has 4 nitrogen and oxygen atoms in total. The first kappa shape index (κ1) is 18.5. The second-order valence-corrected chi connectivity index (χ2v) is 6.72. The molecule has 26 heavy (non-hydrogen) atoms. The molecular weight excluding hydrogens is 367 g/mol. The third-order valence-electron chi connectivity index (χ3n) is 4.27. The van der Waals surface area contributed by atoms with Crippen molar-refractivity contribution >= 4 is 28.9 Å². The van der Waals surface area contributed by atoms with Gasteiger partial charge in [-0.2, -0.15) is 13.2 Å². The monoisotopic (exact) mass is 383 g/mol. The van der Waals surface area contributed by atoms with Crippen molar-refractivity contribution in [3.63, 3.8) is 0 Å². The Balaban J connectivity index is 1.93. The van der Waals surface area contributed by atoms with E-state index in [1.54, 1.807) is 12.3 Å². The molecular formula is C18H17ClF3N3O. The summed E-state index contributed by atoms with van der Waals surface area (Å²) < 4.78 is 38.4. The molecule has 0 spiro atoms. The number of hydrogen-bond acceptors (Lipinski definition) is 3. The summed E-state index contributed by atoms with van der Waals surface area (Å²) >= 11 is 6.06. The minimum Gasteiger partial charge on any atom is -0.356 e. The van der Waals surface area contributed by atoms with Crippen molar-refractivity contribution in [3.05, 3.63) is 52.8 Å². The summed E-state index contributed by atoms with van der Waals surface area (Å²) in [5.74, 6) is -0.0386. The Kier molecular flexibility index (Phi) is 5.09. The van der Waals surface area contributed by atoms with E-state index in [4.69, 9.17) is 11.6 Å². The normalized spacial score (nSPS) is 17.0. The maximum atomic E-state index is 12.8. The number of amides is 1. The van der Waals surface area contributed by atoms with E-state index in [1.807, 2.05) is 4.90 Å². The predicted octanol–water partition coefficient (Wildman–Crippen LogP) is 4.20. The third-order valence-corrected chi connectivity index (χ3v) is 4.48. The molecule has 0 saturated carbocycles. The van der Waals surface area contributed by atoms with Gasteiger partial charge in [-0.25, -0.2) is 0 Å². The molecule has 0 saturated heterocycles. The Bertz CT molecular complexity index is 808. The second kappa shape index (κ2) is 7.15. The van der Waals surface area contributed by atoms with Crippen LogP contribution < -0.4 is 10.2 Å². The molecule has 1 aromatic carbocycles. The number of anilines is 2. The van der Waals surface area contributed by atoms with Crippen molar-refractivity contribution in [2.75, 3.05) is 18.0 Å². The van der Waals surface area contributed by atoms with Crippen molar-refractivity contribution < 1.29 is 18.0 Å². The average Bonchev–Trinajstić information content (AvgIpc) is 2.59. The van der Waals surface area contributed by atoms with E-state index >= 15 is 0 Å². The van der Waals surface area contributed by atoms with Gasteiger partial charge in [0.05, 0.1) is 22.0 Å². The molecule has 1 N–H and O–H groups in total. The highest BCUT2D eigenvalue weighted by molar-refractivity contribution is 6.30. The number of nitrogens with zero attached hydrogens (tertiary/aromatic N) is 2. The first-order chi connectivity index (χ1) is 12.2. The van der Waals surface area contributed by atoms with E-state index in [1.165, 1.54) is 19.1 Å². The quantitative estimate of drug-likeness (QED) is 0.864. The Morgan fingerprint density at radius 1 is 1.35 bits per heavy atom. The SMILES string of the molecule is CC(=O)NCC1Cc2ncc(Cl)cc2N(c2ccc(C(F)(F)F)cc2)C1. The number of hydrogen-bond donors (Lipinski definition) is 1. The van der Waals surface area contributed by atoms with Crippen LogP contribution in [0.3, 0.4) is 0 Å². The van der Waals surface area contributed by atoms with Crippen LogP contribution in [0.1, 0.15) is 18.2 Å². The number of nitrogens with one attached hydrogen (secondary N) is 1. The summed E-state index contributed by atoms with van der Waals surface area (Å²) in [6, 6.07) is 6.76. The molecule has 1 amide bonds. The molecule has 0 aliphatic carbocycles. The van der Waals surface area contributed by atoms with Crippen LogP contribution in [-0.4, -0.2) is 24.0 Å². The lowest BCUT2D eigenvalue weighted by Crippen LogP contribution is -2.39. The summed E-state index contributed by atoms with van der Waals surface area (Å²) in [6.45, 7) is 2.46. The Morgan fingerprint density at radius 3 is 2.65 bits per heavy atom. The lowest BCUT2D eigenvalue weighted by molar-refractivity contribution is -0.137. The van der Waals surface area contributed by atoms with Crippen molar-refractivity contribution in [2.45, 2.75) is 19.5 Å². The zero-order valence-corrected chi connectivity index (χ0v) is 14.7. The second-order valence-electron chi connectivity index (χ2n) is 6.28. The van der Waals surface area contributed by atoms with E-state index < -0.39 is 11.7 Å². The molecule has 2 heterocycles. The highest BCUT2D eigenvalue weighted by atomic mass is 35.5. The molecule has 2 aromatic rings. The van der Waals surface area contributed by atoms with E-state index in [-0.39, 0.29) is 11.8 Å². The summed E-state index contributed by atoms with van der Waals surface area (Å²) in [5.41, 5.74) is 1.50. The van der Waals surface area contributed by atoms with Crippen LogP contribution in [0.5, 0.6) is 0 Å². The molecule has 1 aromatic heterocycles. The van der Waals surface area contributed by atoms with Gasteiger partial charge in [0, 0.05) is 31.9 Å². The number of fused-ring (bicyclic) bond motifs is 1. The topological polar surface area (TPSA) is 45.2 Å². The number of benzene rings is 1. The zero-order chi connectivity index (χ0) is 18.9. The summed E-state index contributed by atoms with van der Waals surface area (Å²) in [7, 11) is 0. The maximum Gasteiger partial charge on any atom is 0.416 e. The summed E-state index contributed by atoms with van der Waals surface area (Å²) in [6.07, 6.45) is -2.17. The third kappa shape index (κ3) is 4.09. The number of carbonyl (C=O) groups is 1. The van der Waals surface area contributed by atoms with Crippen LogP contribution in [0.4, 0.5) is 24.5 Å². The first-order valence-electron chi connectivity index (χ1n) is 8.07. The number of alkyl halides is 3. The maximum absolute atomic E-state index is 12.8. The van der Waals surface area contributed by atoms with Gasteiger partial charge in [-0.1, -0.05) is 11.6 Å². The van der Waals surface area contributed by atoms with Gasteiger partial charge in [-0.3, -0.25) is 9.78 Å². The number of aromatic nitrogens is 1. The zero-order valence-electron chi connectivity index (χ0n) is 14.0. The molecule has 3 rings (SSSR count). The van der Waals surface area contributed by atoms with E-state index in [2.05, 4.69) is 10.3 Å². The van der Waals surface area contributed by atoms with Crippen LogP contribution in [0.15, 0.2) is 36.5 Å². The molecule has 8 heteroatoms. The van der Waals surface area contributed by atoms with Gasteiger partial charge in [0.1, 0.15) is 0 Å². The minimum absolute atomic E-state index is 0.0855. The van der Waals surface area contributed by atoms with E-state index in [0.717, 1.165) is 23.5 Å². The molecule has 0 bridgehead atoms. The Labute approximate surface area is 154 Å². The van der Waals surface area contributed by atoms with Crippen LogP contribution in [0.2, 0.25) is 5.02 Å². The molecule has 1 unspecified atom stereocenters. The smallest absolute Gasteiger partial charge is 0.356 e. The molecule has 0 radical (unpaired) electrons. The van der Waals surface area contributed by atoms with E-state index in [0.29, 0.717) is 30.2 Å². The Morgan fingerprint density at radius 2 is 2.04 bits per heavy atom. The number of rotatable bonds is 3. The molecule has 1 aliphatic heterocycles. The fourth-order valence-electron chi connectivity index (χ4n) is 3.04. The van der Waals surface area contributed by atoms with Gasteiger partial charge in [-0.15, -0.1) is 0 Å². The van der Waals surface area contributed by atoms with Gasteiger partial charge < -0.3 is 10.2 Å². The lowest BCUT2D eigenvalue weighted by atomic mass is 9.95.